The van der Waals surface area contributed by atoms with Gasteiger partial charge in [0.25, 0.3) is 5.91 Å². The predicted molar refractivity (Wildman–Crippen MR) is 142 cm³/mol. The van der Waals surface area contributed by atoms with E-state index in [0.717, 1.165) is 50.6 Å². The van der Waals surface area contributed by atoms with Gasteiger partial charge in [-0.1, -0.05) is 25.0 Å². The standard InChI is InChI=1S/C27H37N7O3/c1-17-18(15-22(35)33(2)3)7-6-14-34(17)21-16-30-23(24(28)36)25(32-21)31-20-10-8-19(9-11-20)27(26(29)37)12-4-5-13-27/h8-11,16-18H,4-7,12-15H2,1-3H3,(H2,28,36)(H2,29,37)(H,31,32)/t17-,18+/m1/s1. The largest absolute Gasteiger partial charge is 0.369 e. The van der Waals surface area contributed by atoms with E-state index >= 15 is 0 Å². The van der Waals surface area contributed by atoms with E-state index in [9.17, 15) is 14.4 Å². The van der Waals surface area contributed by atoms with Crippen molar-refractivity contribution in [1.82, 2.24) is 14.9 Å². The lowest BCUT2D eigenvalue weighted by atomic mass is 9.78. The number of piperidine rings is 1. The summed E-state index contributed by atoms with van der Waals surface area (Å²) >= 11 is 0. The van der Waals surface area contributed by atoms with Gasteiger partial charge in [-0.05, 0) is 56.2 Å². The van der Waals surface area contributed by atoms with Gasteiger partial charge in [-0.15, -0.1) is 0 Å². The molecule has 0 bridgehead atoms. The number of hydrogen-bond acceptors (Lipinski definition) is 7. The number of primary amides is 2. The summed E-state index contributed by atoms with van der Waals surface area (Å²) in [5.41, 5.74) is 12.4. The zero-order chi connectivity index (χ0) is 26.7. The van der Waals surface area contributed by atoms with E-state index in [4.69, 9.17) is 16.5 Å². The van der Waals surface area contributed by atoms with Gasteiger partial charge in [-0.2, -0.15) is 0 Å². The van der Waals surface area contributed by atoms with Crippen LogP contribution in [0.25, 0.3) is 0 Å². The number of aromatic nitrogens is 2. The van der Waals surface area contributed by atoms with Gasteiger partial charge in [0.2, 0.25) is 11.8 Å². The van der Waals surface area contributed by atoms with Crippen molar-refractivity contribution in [3.05, 3.63) is 41.7 Å². The van der Waals surface area contributed by atoms with Crippen LogP contribution in [0.1, 0.15) is 67.9 Å². The number of carbonyl (C=O) groups excluding carboxylic acids is 3. The van der Waals surface area contributed by atoms with E-state index in [1.165, 1.54) is 0 Å². The summed E-state index contributed by atoms with van der Waals surface area (Å²) in [6.07, 6.45) is 7.40. The number of anilines is 3. The van der Waals surface area contributed by atoms with Gasteiger partial charge < -0.3 is 26.6 Å². The third kappa shape index (κ3) is 5.38. The van der Waals surface area contributed by atoms with E-state index in [2.05, 4.69) is 22.1 Å². The molecule has 4 rings (SSSR count). The Balaban J connectivity index is 1.58. The molecule has 1 saturated heterocycles. The Hall–Kier alpha value is -3.69. The minimum absolute atomic E-state index is 0.0428. The van der Waals surface area contributed by atoms with Crippen molar-refractivity contribution >= 4 is 35.0 Å². The Bertz CT molecular complexity index is 1160. The van der Waals surface area contributed by atoms with Gasteiger partial charge >= 0.3 is 0 Å². The van der Waals surface area contributed by atoms with Crippen molar-refractivity contribution in [2.75, 3.05) is 30.9 Å². The molecule has 2 fully saturated rings. The second-order valence-electron chi connectivity index (χ2n) is 10.5. The quantitative estimate of drug-likeness (QED) is 0.497. The van der Waals surface area contributed by atoms with Crippen molar-refractivity contribution in [2.45, 2.75) is 63.3 Å². The molecule has 198 valence electrons. The van der Waals surface area contributed by atoms with Crippen LogP contribution < -0.4 is 21.7 Å². The van der Waals surface area contributed by atoms with E-state index in [-0.39, 0.29) is 35.3 Å². The van der Waals surface area contributed by atoms with Gasteiger partial charge in [0, 0.05) is 38.8 Å². The molecule has 37 heavy (non-hydrogen) atoms. The normalized spacial score (nSPS) is 20.9. The van der Waals surface area contributed by atoms with Crippen molar-refractivity contribution < 1.29 is 14.4 Å². The number of nitrogens with one attached hydrogen (secondary N) is 1. The van der Waals surface area contributed by atoms with E-state index in [0.29, 0.717) is 17.9 Å². The van der Waals surface area contributed by atoms with Crippen LogP contribution in [-0.4, -0.2) is 59.3 Å². The van der Waals surface area contributed by atoms with Crippen molar-refractivity contribution in [3.63, 3.8) is 0 Å². The van der Waals surface area contributed by atoms with Gasteiger partial charge in [0.05, 0.1) is 11.6 Å². The Labute approximate surface area is 217 Å². The van der Waals surface area contributed by atoms with Crippen LogP contribution in [0.15, 0.2) is 30.5 Å². The molecule has 1 saturated carbocycles. The monoisotopic (exact) mass is 507 g/mol. The summed E-state index contributed by atoms with van der Waals surface area (Å²) in [4.78, 5) is 49.5. The number of carbonyl (C=O) groups is 3. The minimum Gasteiger partial charge on any atom is -0.369 e. The molecule has 2 heterocycles. The average molecular weight is 508 g/mol. The molecule has 0 spiro atoms. The highest BCUT2D eigenvalue weighted by molar-refractivity contribution is 5.96. The topological polar surface area (TPSA) is 148 Å². The summed E-state index contributed by atoms with van der Waals surface area (Å²) in [6, 6.07) is 7.58. The molecule has 1 aromatic carbocycles. The van der Waals surface area contributed by atoms with Gasteiger partial charge in [-0.25, -0.2) is 9.97 Å². The third-order valence-electron chi connectivity index (χ3n) is 8.00. The Morgan fingerprint density at radius 1 is 1.11 bits per heavy atom. The Morgan fingerprint density at radius 2 is 1.78 bits per heavy atom. The molecule has 1 aliphatic heterocycles. The second kappa shape index (κ2) is 10.7. The molecule has 10 nitrogen and oxygen atoms in total. The lowest BCUT2D eigenvalue weighted by Crippen LogP contribution is -2.45. The molecule has 3 amide bonds. The van der Waals surface area contributed by atoms with E-state index < -0.39 is 11.3 Å². The second-order valence-corrected chi connectivity index (χ2v) is 10.5. The Morgan fingerprint density at radius 3 is 2.38 bits per heavy atom. The number of benzene rings is 1. The van der Waals surface area contributed by atoms with Crippen LogP contribution in [0, 0.1) is 5.92 Å². The van der Waals surface area contributed by atoms with Crippen LogP contribution >= 0.6 is 0 Å². The molecule has 0 radical (unpaired) electrons. The molecule has 0 unspecified atom stereocenters. The smallest absolute Gasteiger partial charge is 0.271 e. The van der Waals surface area contributed by atoms with Gasteiger partial charge in [0.1, 0.15) is 5.82 Å². The van der Waals surface area contributed by atoms with Crippen molar-refractivity contribution in [2.24, 2.45) is 17.4 Å². The number of rotatable bonds is 8. The van der Waals surface area contributed by atoms with Crippen LogP contribution in [-0.2, 0) is 15.0 Å². The van der Waals surface area contributed by atoms with Crippen LogP contribution in [0.2, 0.25) is 0 Å². The molecule has 5 N–H and O–H groups in total. The lowest BCUT2D eigenvalue weighted by Gasteiger charge is -2.40. The molecule has 10 heteroatoms. The molecule has 2 atom stereocenters. The van der Waals surface area contributed by atoms with Crippen LogP contribution in [0.4, 0.5) is 17.3 Å². The SMILES string of the molecule is C[C@@H]1[C@H](CC(=O)N(C)C)CCCN1c1cnc(C(N)=O)c(Nc2ccc(C3(C(N)=O)CCCC3)cc2)n1. The third-order valence-corrected chi connectivity index (χ3v) is 8.00. The van der Waals surface area contributed by atoms with Gasteiger partial charge in [0.15, 0.2) is 11.5 Å². The maximum Gasteiger partial charge on any atom is 0.271 e. The number of nitrogens with two attached hydrogens (primary N) is 2. The number of hydrogen-bond donors (Lipinski definition) is 3. The highest BCUT2D eigenvalue weighted by Gasteiger charge is 2.41. The molecule has 1 aliphatic carbocycles. The van der Waals surface area contributed by atoms with E-state index in [1.807, 2.05) is 24.3 Å². The van der Waals surface area contributed by atoms with Crippen LogP contribution in [0.5, 0.6) is 0 Å². The highest BCUT2D eigenvalue weighted by Crippen LogP contribution is 2.41. The summed E-state index contributed by atoms with van der Waals surface area (Å²) in [5.74, 6) is 0.215. The fourth-order valence-corrected chi connectivity index (χ4v) is 5.68. The summed E-state index contributed by atoms with van der Waals surface area (Å²) < 4.78 is 0. The fourth-order valence-electron chi connectivity index (χ4n) is 5.68. The summed E-state index contributed by atoms with van der Waals surface area (Å²) in [6.45, 7) is 2.88. The van der Waals surface area contributed by atoms with Crippen molar-refractivity contribution in [3.8, 4) is 0 Å². The maximum atomic E-state index is 12.3. The van der Waals surface area contributed by atoms with Crippen molar-refractivity contribution in [1.29, 1.82) is 0 Å². The predicted octanol–water partition coefficient (Wildman–Crippen LogP) is 2.70. The molecule has 1 aromatic heterocycles. The molecular weight excluding hydrogens is 470 g/mol. The maximum absolute atomic E-state index is 12.3. The zero-order valence-electron chi connectivity index (χ0n) is 21.9. The first-order chi connectivity index (χ1) is 17.6. The number of nitrogens with zero attached hydrogens (tertiary/aromatic N) is 4. The summed E-state index contributed by atoms with van der Waals surface area (Å²) in [5, 5.41) is 3.19. The first-order valence-electron chi connectivity index (χ1n) is 12.9. The number of amides is 3. The average Bonchev–Trinajstić information content (AvgIpc) is 3.37. The lowest BCUT2D eigenvalue weighted by molar-refractivity contribution is -0.130. The highest BCUT2D eigenvalue weighted by atomic mass is 16.2. The van der Waals surface area contributed by atoms with Gasteiger partial charge in [-0.3, -0.25) is 14.4 Å². The minimum atomic E-state index is -0.682. The zero-order valence-corrected chi connectivity index (χ0v) is 21.9. The van der Waals surface area contributed by atoms with Crippen LogP contribution in [0.3, 0.4) is 0 Å². The Kier molecular flexibility index (Phi) is 7.65. The fraction of sp³-hybridized carbons (Fsp3) is 0.519. The first-order valence-corrected chi connectivity index (χ1v) is 12.9. The molecular formula is C27H37N7O3. The molecule has 2 aliphatic rings. The summed E-state index contributed by atoms with van der Waals surface area (Å²) in [7, 11) is 3.54. The van der Waals surface area contributed by atoms with E-state index in [1.54, 1.807) is 25.2 Å². The first kappa shape index (κ1) is 26.4. The molecule has 2 aromatic rings.